The van der Waals surface area contributed by atoms with Crippen LogP contribution in [0.2, 0.25) is 0 Å². The van der Waals surface area contributed by atoms with E-state index in [0.29, 0.717) is 18.5 Å². The number of nitrogens with one attached hydrogen (secondary N) is 1. The molecule has 1 aromatic carbocycles. The van der Waals surface area contributed by atoms with E-state index in [1.54, 1.807) is 0 Å². The summed E-state index contributed by atoms with van der Waals surface area (Å²) in [7, 11) is 1.36. The second kappa shape index (κ2) is 12.2. The number of phenols is 1. The Morgan fingerprint density at radius 3 is 2.62 bits per heavy atom. The number of esters is 2. The van der Waals surface area contributed by atoms with Gasteiger partial charge in [0.2, 0.25) is 0 Å². The summed E-state index contributed by atoms with van der Waals surface area (Å²) in [6.07, 6.45) is -3.46. The number of phenolic OH excluding ortho intramolecular Hbond substituents is 1. The first kappa shape index (κ1) is 25.3. The molecular formula is C21H27NO10. The predicted octanol–water partition coefficient (Wildman–Crippen LogP) is -1.10. The highest BCUT2D eigenvalue weighted by Crippen LogP contribution is 2.26. The van der Waals surface area contributed by atoms with Crippen molar-refractivity contribution in [3.05, 3.63) is 29.8 Å². The van der Waals surface area contributed by atoms with E-state index < -0.39 is 49.0 Å². The molecule has 0 radical (unpaired) electrons. The van der Waals surface area contributed by atoms with Crippen LogP contribution in [0, 0.1) is 0 Å². The molecule has 32 heavy (non-hydrogen) atoms. The lowest BCUT2D eigenvalue weighted by atomic mass is 10.0. The van der Waals surface area contributed by atoms with Gasteiger partial charge >= 0.3 is 11.9 Å². The lowest BCUT2D eigenvalue weighted by Gasteiger charge is -2.29. The van der Waals surface area contributed by atoms with Crippen LogP contribution in [0.15, 0.2) is 24.3 Å². The molecule has 11 nitrogen and oxygen atoms in total. The lowest BCUT2D eigenvalue weighted by molar-refractivity contribution is -0.182. The second-order valence-electron chi connectivity index (χ2n) is 7.09. The third-order valence-corrected chi connectivity index (χ3v) is 4.84. The number of benzene rings is 1. The highest BCUT2D eigenvalue weighted by molar-refractivity contribution is 5.87. The zero-order valence-corrected chi connectivity index (χ0v) is 17.4. The molecule has 1 aromatic rings. The van der Waals surface area contributed by atoms with Crippen LogP contribution in [0.5, 0.6) is 11.5 Å². The van der Waals surface area contributed by atoms with E-state index in [1.807, 2.05) is 0 Å². The van der Waals surface area contributed by atoms with Crippen LogP contribution >= 0.6 is 0 Å². The van der Waals surface area contributed by atoms with Gasteiger partial charge in [-0.2, -0.15) is 0 Å². The summed E-state index contributed by atoms with van der Waals surface area (Å²) in [6.45, 7) is -0.287. The lowest BCUT2D eigenvalue weighted by Crippen LogP contribution is -2.51. The molecule has 5 N–H and O–H groups in total. The van der Waals surface area contributed by atoms with Gasteiger partial charge < -0.3 is 40.0 Å². The molecule has 0 saturated carbocycles. The quantitative estimate of drug-likeness (QED) is 0.156. The van der Waals surface area contributed by atoms with Crippen LogP contribution in [0.3, 0.4) is 0 Å². The molecule has 5 atom stereocenters. The topological polar surface area (TPSA) is 172 Å². The van der Waals surface area contributed by atoms with Gasteiger partial charge in [0.1, 0.15) is 18.2 Å². The number of carbonyl (C=O) groups excluding carboxylic acids is 3. The summed E-state index contributed by atoms with van der Waals surface area (Å²) in [6, 6.07) is 3.66. The van der Waals surface area contributed by atoms with Gasteiger partial charge in [-0.15, -0.1) is 0 Å². The number of aliphatic hydroxyl groups is 3. The number of hydrogen-bond donors (Lipinski definition) is 5. The number of hydrogen-bond acceptors (Lipinski definition) is 11. The fraction of sp³-hybridized carbons (Fsp3) is 0.476. The van der Waals surface area contributed by atoms with Gasteiger partial charge in [0.25, 0.3) is 0 Å². The van der Waals surface area contributed by atoms with Crippen LogP contribution in [-0.2, 0) is 23.9 Å². The molecule has 1 fully saturated rings. The number of methoxy groups -OCH3 is 1. The maximum absolute atomic E-state index is 12.3. The standard InChI is InChI=1S/C21H27NO10/c1-30-16-9-12(4-6-14(16)25)5-7-18(27)32-20(19(28)15(26)10-23)17(11-24)31-21(29)13-3-2-8-22-13/h4-7,9,11,13,15,17,19-20,22-23,25-26,28H,2-3,8,10H2,1H3/t13-,15+,17-,19+,20+/m0/s1. The van der Waals surface area contributed by atoms with Crippen LogP contribution in [-0.4, -0.2) is 89.4 Å². The van der Waals surface area contributed by atoms with Crippen LogP contribution in [0.25, 0.3) is 6.08 Å². The Hall–Kier alpha value is -2.99. The first-order valence-electron chi connectivity index (χ1n) is 9.92. The molecular weight excluding hydrogens is 426 g/mol. The summed E-state index contributed by atoms with van der Waals surface area (Å²) in [5.41, 5.74) is 0.467. The minimum absolute atomic E-state index is 0.0965. The van der Waals surface area contributed by atoms with Gasteiger partial charge in [0.05, 0.1) is 13.7 Å². The van der Waals surface area contributed by atoms with Crippen LogP contribution in [0.4, 0.5) is 0 Å². The number of aldehydes is 1. The van der Waals surface area contributed by atoms with Crippen molar-refractivity contribution in [2.24, 2.45) is 0 Å². The van der Waals surface area contributed by atoms with Crippen molar-refractivity contribution in [1.29, 1.82) is 0 Å². The average Bonchev–Trinajstić information content (AvgIpc) is 3.34. The number of aliphatic hydroxyl groups excluding tert-OH is 3. The van der Waals surface area contributed by atoms with E-state index >= 15 is 0 Å². The SMILES string of the molecule is COc1cc(C=CC(=O)O[C@@H]([C@H](O)[C@H](O)CO)[C@H](C=O)OC(=O)[C@@H]2CCCN2)ccc1O. The van der Waals surface area contributed by atoms with E-state index in [-0.39, 0.29) is 17.8 Å². The summed E-state index contributed by atoms with van der Waals surface area (Å²) in [5.74, 6) is -1.71. The number of carbonyl (C=O) groups is 3. The first-order chi connectivity index (χ1) is 15.3. The molecule has 0 unspecified atom stereocenters. The summed E-state index contributed by atoms with van der Waals surface area (Å²) in [4.78, 5) is 36.1. The highest BCUT2D eigenvalue weighted by Gasteiger charge is 2.39. The molecule has 0 aliphatic carbocycles. The normalized spacial score (nSPS) is 19.7. The average molecular weight is 453 g/mol. The summed E-state index contributed by atoms with van der Waals surface area (Å²) >= 11 is 0. The van der Waals surface area contributed by atoms with E-state index in [2.05, 4.69) is 5.32 Å². The Morgan fingerprint density at radius 2 is 2.03 bits per heavy atom. The minimum atomic E-state index is -1.91. The van der Waals surface area contributed by atoms with E-state index in [4.69, 9.17) is 19.3 Å². The Bertz CT molecular complexity index is 821. The maximum Gasteiger partial charge on any atom is 0.331 e. The first-order valence-corrected chi connectivity index (χ1v) is 9.92. The van der Waals surface area contributed by atoms with Crippen LogP contribution in [0.1, 0.15) is 18.4 Å². The fourth-order valence-electron chi connectivity index (χ4n) is 3.07. The van der Waals surface area contributed by atoms with E-state index in [9.17, 15) is 29.7 Å². The van der Waals surface area contributed by atoms with Crippen LogP contribution < -0.4 is 10.1 Å². The third kappa shape index (κ3) is 6.76. The van der Waals surface area contributed by atoms with Crippen molar-refractivity contribution in [1.82, 2.24) is 5.32 Å². The molecule has 0 bridgehead atoms. The Morgan fingerprint density at radius 1 is 1.28 bits per heavy atom. The van der Waals surface area contributed by atoms with Crippen molar-refractivity contribution >= 4 is 24.3 Å². The smallest absolute Gasteiger partial charge is 0.331 e. The Balaban J connectivity index is 2.15. The molecule has 0 spiro atoms. The number of rotatable bonds is 11. The van der Waals surface area contributed by atoms with Gasteiger partial charge in [-0.3, -0.25) is 9.59 Å². The minimum Gasteiger partial charge on any atom is -0.504 e. The van der Waals surface area contributed by atoms with Gasteiger partial charge in [-0.05, 0) is 43.2 Å². The van der Waals surface area contributed by atoms with Crippen molar-refractivity contribution in [2.75, 3.05) is 20.3 Å². The van der Waals surface area contributed by atoms with Crippen molar-refractivity contribution in [3.8, 4) is 11.5 Å². The molecule has 2 rings (SSSR count). The second-order valence-corrected chi connectivity index (χ2v) is 7.09. The molecule has 0 aromatic heterocycles. The predicted molar refractivity (Wildman–Crippen MR) is 110 cm³/mol. The Labute approximate surface area is 184 Å². The summed E-state index contributed by atoms with van der Waals surface area (Å²) in [5, 5.41) is 41.7. The van der Waals surface area contributed by atoms with E-state index in [0.717, 1.165) is 12.5 Å². The van der Waals surface area contributed by atoms with Crippen molar-refractivity contribution in [2.45, 2.75) is 43.3 Å². The van der Waals surface area contributed by atoms with Gasteiger partial charge in [0, 0.05) is 6.08 Å². The Kier molecular flexibility index (Phi) is 9.60. The van der Waals surface area contributed by atoms with Crippen molar-refractivity contribution in [3.63, 3.8) is 0 Å². The fourth-order valence-corrected chi connectivity index (χ4v) is 3.07. The number of aromatic hydroxyl groups is 1. The van der Waals surface area contributed by atoms with E-state index in [1.165, 1.54) is 31.4 Å². The largest absolute Gasteiger partial charge is 0.504 e. The molecule has 11 heteroatoms. The molecule has 1 aliphatic rings. The zero-order valence-electron chi connectivity index (χ0n) is 17.4. The molecule has 1 heterocycles. The monoisotopic (exact) mass is 453 g/mol. The van der Waals surface area contributed by atoms with Crippen molar-refractivity contribution < 1.29 is 49.0 Å². The van der Waals surface area contributed by atoms with Gasteiger partial charge in [0.15, 0.2) is 30.0 Å². The zero-order chi connectivity index (χ0) is 23.7. The highest BCUT2D eigenvalue weighted by atomic mass is 16.6. The third-order valence-electron chi connectivity index (χ3n) is 4.84. The molecule has 176 valence electrons. The number of ether oxygens (including phenoxy) is 3. The van der Waals surface area contributed by atoms with Gasteiger partial charge in [-0.1, -0.05) is 6.07 Å². The molecule has 0 amide bonds. The summed E-state index contributed by atoms with van der Waals surface area (Å²) < 4.78 is 15.2. The maximum atomic E-state index is 12.3. The molecule has 1 aliphatic heterocycles. The van der Waals surface area contributed by atoms with Gasteiger partial charge in [-0.25, -0.2) is 4.79 Å². The molecule has 1 saturated heterocycles.